The molecule has 0 aliphatic carbocycles. The fourth-order valence-corrected chi connectivity index (χ4v) is 5.29. The van der Waals surface area contributed by atoms with Crippen LogP contribution < -0.4 is 5.84 Å². The van der Waals surface area contributed by atoms with Gasteiger partial charge in [0.2, 0.25) is 26.9 Å². The van der Waals surface area contributed by atoms with Gasteiger partial charge in [-0.2, -0.15) is 4.31 Å². The van der Waals surface area contributed by atoms with Crippen LogP contribution in [0.5, 0.6) is 0 Å². The molecule has 158 valence electrons. The average Bonchev–Trinajstić information content (AvgIpc) is 3.42. The molecule has 1 aromatic carbocycles. The van der Waals surface area contributed by atoms with Gasteiger partial charge in [0.15, 0.2) is 5.76 Å². The number of rotatable bonds is 6. The van der Waals surface area contributed by atoms with Gasteiger partial charge in [-0.1, -0.05) is 30.0 Å². The molecule has 10 nitrogen and oxygen atoms in total. The Morgan fingerprint density at radius 1 is 1.07 bits per heavy atom. The lowest BCUT2D eigenvalue weighted by Gasteiger charge is -2.34. The lowest BCUT2D eigenvalue weighted by Crippen LogP contribution is -2.50. The predicted octanol–water partition coefficient (Wildman–Crippen LogP) is 0.877. The molecule has 0 bridgehead atoms. The topological polar surface area (TPSA) is 128 Å². The van der Waals surface area contributed by atoms with Gasteiger partial charge in [-0.15, -0.1) is 10.2 Å². The minimum absolute atomic E-state index is 0.112. The predicted molar refractivity (Wildman–Crippen MR) is 110 cm³/mol. The number of nitrogen functional groups attached to an aromatic ring is 1. The molecule has 3 heterocycles. The van der Waals surface area contributed by atoms with Gasteiger partial charge in [-0.05, 0) is 24.3 Å². The normalized spacial score (nSPS) is 15.4. The number of hydrogen-bond acceptors (Lipinski definition) is 8. The van der Waals surface area contributed by atoms with E-state index in [9.17, 15) is 13.2 Å². The molecule has 1 amide bonds. The molecule has 0 unspecified atom stereocenters. The summed E-state index contributed by atoms with van der Waals surface area (Å²) < 4.78 is 33.3. The minimum atomic E-state index is -3.55. The van der Waals surface area contributed by atoms with Crippen molar-refractivity contribution >= 4 is 27.7 Å². The number of benzene rings is 1. The molecule has 0 spiro atoms. The summed E-state index contributed by atoms with van der Waals surface area (Å²) in [6, 6.07) is 11.7. The third-order valence-electron chi connectivity index (χ3n) is 4.70. The Morgan fingerprint density at radius 2 is 1.80 bits per heavy atom. The molecule has 4 rings (SSSR count). The number of hydrogen-bond donors (Lipinski definition) is 1. The molecule has 0 saturated carbocycles. The van der Waals surface area contributed by atoms with E-state index in [0.717, 1.165) is 0 Å². The Morgan fingerprint density at radius 3 is 2.47 bits per heavy atom. The Balaban J connectivity index is 1.32. The minimum Gasteiger partial charge on any atom is -0.461 e. The van der Waals surface area contributed by atoms with Crippen molar-refractivity contribution in [1.29, 1.82) is 0 Å². The first kappa shape index (κ1) is 20.4. The van der Waals surface area contributed by atoms with Gasteiger partial charge < -0.3 is 15.2 Å². The van der Waals surface area contributed by atoms with Crippen LogP contribution in [0, 0.1) is 0 Å². The lowest BCUT2D eigenvalue weighted by atomic mass is 10.3. The molecule has 0 radical (unpaired) electrons. The monoisotopic (exact) mass is 448 g/mol. The zero-order chi connectivity index (χ0) is 21.1. The molecular weight excluding hydrogens is 428 g/mol. The Hall–Kier alpha value is -2.83. The summed E-state index contributed by atoms with van der Waals surface area (Å²) in [6.45, 7) is 1.17. The molecule has 30 heavy (non-hydrogen) atoms. The van der Waals surface area contributed by atoms with Crippen LogP contribution in [-0.4, -0.2) is 70.3 Å². The second kappa shape index (κ2) is 8.50. The quantitative estimate of drug-likeness (QED) is 0.435. The highest BCUT2D eigenvalue weighted by atomic mass is 32.2. The number of nitrogens with two attached hydrogens (primary N) is 1. The maximum Gasteiger partial charge on any atom is 0.243 e. The number of furan rings is 1. The van der Waals surface area contributed by atoms with E-state index in [1.165, 1.54) is 27.0 Å². The molecule has 1 aliphatic heterocycles. The van der Waals surface area contributed by atoms with Crippen molar-refractivity contribution in [2.24, 2.45) is 0 Å². The number of carbonyl (C=O) groups excluding carboxylic acids is 1. The molecule has 1 saturated heterocycles. The number of carbonyl (C=O) groups is 1. The number of amides is 1. The van der Waals surface area contributed by atoms with Crippen LogP contribution in [0.1, 0.15) is 0 Å². The molecule has 1 fully saturated rings. The number of piperazine rings is 1. The van der Waals surface area contributed by atoms with E-state index >= 15 is 0 Å². The Kier molecular flexibility index (Phi) is 5.79. The molecule has 3 aromatic rings. The highest BCUT2D eigenvalue weighted by molar-refractivity contribution is 7.99. The van der Waals surface area contributed by atoms with Gasteiger partial charge in [-0.25, -0.2) is 13.1 Å². The maximum absolute atomic E-state index is 12.7. The van der Waals surface area contributed by atoms with E-state index in [4.69, 9.17) is 10.3 Å². The molecule has 12 heteroatoms. The summed E-state index contributed by atoms with van der Waals surface area (Å²) in [5.74, 6) is 6.86. The molecular formula is C18H20N6O4S2. The summed E-state index contributed by atoms with van der Waals surface area (Å²) in [7, 11) is -3.55. The van der Waals surface area contributed by atoms with Gasteiger partial charge >= 0.3 is 0 Å². The van der Waals surface area contributed by atoms with Gasteiger partial charge in [0.05, 0.1) is 16.9 Å². The summed E-state index contributed by atoms with van der Waals surface area (Å²) in [4.78, 5) is 14.5. The smallest absolute Gasteiger partial charge is 0.243 e. The number of thioether (sulfide) groups is 1. The highest BCUT2D eigenvalue weighted by Crippen LogP contribution is 2.23. The summed E-state index contributed by atoms with van der Waals surface area (Å²) in [5.41, 5.74) is 0. The van der Waals surface area contributed by atoms with Gasteiger partial charge in [0.25, 0.3) is 0 Å². The maximum atomic E-state index is 12.7. The van der Waals surface area contributed by atoms with Crippen molar-refractivity contribution in [2.45, 2.75) is 10.1 Å². The number of aromatic nitrogens is 3. The fraction of sp³-hybridized carbons (Fsp3) is 0.278. The van der Waals surface area contributed by atoms with Crippen LogP contribution in [0.25, 0.3) is 11.6 Å². The third-order valence-corrected chi connectivity index (χ3v) is 7.54. The van der Waals surface area contributed by atoms with E-state index in [-0.39, 0.29) is 29.6 Å². The summed E-state index contributed by atoms with van der Waals surface area (Å²) >= 11 is 1.17. The van der Waals surface area contributed by atoms with Crippen molar-refractivity contribution in [1.82, 2.24) is 24.1 Å². The lowest BCUT2D eigenvalue weighted by molar-refractivity contribution is -0.129. The zero-order valence-electron chi connectivity index (χ0n) is 15.9. The van der Waals surface area contributed by atoms with Crippen LogP contribution in [-0.2, 0) is 14.8 Å². The second-order valence-electron chi connectivity index (χ2n) is 6.54. The van der Waals surface area contributed by atoms with Crippen LogP contribution in [0.15, 0.2) is 63.2 Å². The zero-order valence-corrected chi connectivity index (χ0v) is 17.6. The summed E-state index contributed by atoms with van der Waals surface area (Å²) in [5, 5.41) is 8.38. The Bertz CT molecular complexity index is 1110. The second-order valence-corrected chi connectivity index (χ2v) is 9.42. The first-order valence-electron chi connectivity index (χ1n) is 9.17. The van der Waals surface area contributed by atoms with E-state index in [2.05, 4.69) is 10.2 Å². The number of nitrogens with zero attached hydrogens (tertiary/aromatic N) is 5. The Labute approximate surface area is 177 Å². The highest BCUT2D eigenvalue weighted by Gasteiger charge is 2.30. The van der Waals surface area contributed by atoms with E-state index < -0.39 is 10.0 Å². The largest absolute Gasteiger partial charge is 0.461 e. The first-order valence-corrected chi connectivity index (χ1v) is 11.6. The average molecular weight is 449 g/mol. The molecule has 0 atom stereocenters. The van der Waals surface area contributed by atoms with Gasteiger partial charge in [0, 0.05) is 26.2 Å². The van der Waals surface area contributed by atoms with E-state index in [0.29, 0.717) is 29.8 Å². The van der Waals surface area contributed by atoms with Gasteiger partial charge in [0.1, 0.15) is 0 Å². The van der Waals surface area contributed by atoms with Crippen LogP contribution >= 0.6 is 11.8 Å². The van der Waals surface area contributed by atoms with Crippen LogP contribution in [0.4, 0.5) is 0 Å². The standard InChI is InChI=1S/C18H20N6O4S2/c19-24-17(15-7-4-12-28-15)20-21-18(24)29-13-16(25)22-8-10-23(11-9-22)30(26,27)14-5-2-1-3-6-14/h1-7,12H,8-11,13,19H2. The van der Waals surface area contributed by atoms with Crippen LogP contribution in [0.2, 0.25) is 0 Å². The van der Waals surface area contributed by atoms with Crippen molar-refractivity contribution in [3.63, 3.8) is 0 Å². The SMILES string of the molecule is Nn1c(SCC(=O)N2CCN(S(=O)(=O)c3ccccc3)CC2)nnc1-c1ccco1. The van der Waals surface area contributed by atoms with Crippen molar-refractivity contribution in [2.75, 3.05) is 37.8 Å². The third kappa shape index (κ3) is 4.06. The first-order chi connectivity index (χ1) is 14.5. The number of sulfonamides is 1. The van der Waals surface area contributed by atoms with E-state index in [1.807, 2.05) is 0 Å². The van der Waals surface area contributed by atoms with Gasteiger partial charge in [-0.3, -0.25) is 4.79 Å². The summed E-state index contributed by atoms with van der Waals surface area (Å²) in [6.07, 6.45) is 1.51. The van der Waals surface area contributed by atoms with Crippen LogP contribution in [0.3, 0.4) is 0 Å². The van der Waals surface area contributed by atoms with E-state index in [1.54, 1.807) is 47.4 Å². The molecule has 2 N–H and O–H groups in total. The molecule has 2 aromatic heterocycles. The molecule has 1 aliphatic rings. The fourth-order valence-electron chi connectivity index (χ4n) is 3.09. The van der Waals surface area contributed by atoms with Crippen molar-refractivity contribution < 1.29 is 17.6 Å². The van der Waals surface area contributed by atoms with Crippen molar-refractivity contribution in [3.05, 3.63) is 48.7 Å². The van der Waals surface area contributed by atoms with Crippen molar-refractivity contribution in [3.8, 4) is 11.6 Å².